The number of fused-ring (bicyclic) bond motifs is 1. The van der Waals surface area contributed by atoms with Crippen molar-refractivity contribution in [2.75, 3.05) is 5.43 Å². The molecule has 0 bridgehead atoms. The fourth-order valence-corrected chi connectivity index (χ4v) is 4.22. The summed E-state index contributed by atoms with van der Waals surface area (Å²) in [5, 5.41) is 1.83. The van der Waals surface area contributed by atoms with Crippen molar-refractivity contribution in [1.82, 2.24) is 14.1 Å². The molecule has 9 heteroatoms. The van der Waals surface area contributed by atoms with Crippen LogP contribution in [0.3, 0.4) is 0 Å². The molecule has 106 valence electrons. The molecule has 1 unspecified atom stereocenters. The molecule has 2 aromatic heterocycles. The molecular formula is C10H17N5O2S2. The van der Waals surface area contributed by atoms with Gasteiger partial charge in [-0.2, -0.15) is 4.98 Å². The molecule has 0 fully saturated rings. The fourth-order valence-electron chi connectivity index (χ4n) is 1.93. The number of nitrogens with one attached hydrogen (secondary N) is 2. The maximum Gasteiger partial charge on any atom is 0.260 e. The lowest BCUT2D eigenvalue weighted by molar-refractivity contribution is 0.540. The molecule has 7 nitrogen and oxygen atoms in total. The van der Waals surface area contributed by atoms with Gasteiger partial charge in [-0.1, -0.05) is 13.3 Å². The quantitative estimate of drug-likeness (QED) is 0.549. The van der Waals surface area contributed by atoms with Crippen LogP contribution in [0.5, 0.6) is 0 Å². The van der Waals surface area contributed by atoms with Gasteiger partial charge in [-0.3, -0.25) is 4.40 Å². The van der Waals surface area contributed by atoms with Gasteiger partial charge in [0.15, 0.2) is 10.8 Å². The lowest BCUT2D eigenvalue weighted by Gasteiger charge is -2.13. The van der Waals surface area contributed by atoms with Crippen LogP contribution in [0.25, 0.3) is 4.96 Å². The SMILES string of the molecule is CCCC(C)NS(=O)(=O)c1c(NN)nc2sccn12. The third-order valence-electron chi connectivity index (χ3n) is 2.69. The second kappa shape index (κ2) is 5.45. The third kappa shape index (κ3) is 2.73. The zero-order valence-corrected chi connectivity index (χ0v) is 12.4. The second-order valence-electron chi connectivity index (χ2n) is 4.28. The van der Waals surface area contributed by atoms with Gasteiger partial charge in [0.25, 0.3) is 10.0 Å². The van der Waals surface area contributed by atoms with Gasteiger partial charge in [-0.15, -0.1) is 11.3 Å². The van der Waals surface area contributed by atoms with Gasteiger partial charge in [-0.05, 0) is 13.3 Å². The van der Waals surface area contributed by atoms with E-state index in [0.717, 1.165) is 12.8 Å². The maximum atomic E-state index is 12.4. The molecular weight excluding hydrogens is 286 g/mol. The van der Waals surface area contributed by atoms with E-state index >= 15 is 0 Å². The van der Waals surface area contributed by atoms with E-state index in [9.17, 15) is 8.42 Å². The predicted molar refractivity (Wildman–Crippen MR) is 75.6 cm³/mol. The monoisotopic (exact) mass is 303 g/mol. The number of nitrogens with zero attached hydrogens (tertiary/aromatic N) is 2. The van der Waals surface area contributed by atoms with Gasteiger partial charge in [0.1, 0.15) is 0 Å². The molecule has 0 radical (unpaired) electrons. The second-order valence-corrected chi connectivity index (χ2v) is 6.78. The van der Waals surface area contributed by atoms with Crippen LogP contribution in [-0.2, 0) is 10.0 Å². The molecule has 4 N–H and O–H groups in total. The Morgan fingerprint density at radius 3 is 2.95 bits per heavy atom. The number of nitrogens with two attached hydrogens (primary N) is 1. The standard InChI is InChI=1S/C10H17N5O2S2/c1-3-4-7(2)14-19(16,17)9-8(13-11)12-10-15(9)5-6-18-10/h5-7,13-14H,3-4,11H2,1-2H3. The Morgan fingerprint density at radius 2 is 2.32 bits per heavy atom. The largest absolute Gasteiger partial charge is 0.306 e. The van der Waals surface area contributed by atoms with E-state index in [0.29, 0.717) is 4.96 Å². The summed E-state index contributed by atoms with van der Waals surface area (Å²) in [4.78, 5) is 4.72. The number of imidazole rings is 1. The Labute approximate surface area is 115 Å². The lowest BCUT2D eigenvalue weighted by Crippen LogP contribution is -2.33. The Morgan fingerprint density at radius 1 is 1.58 bits per heavy atom. The number of thiazole rings is 1. The number of anilines is 1. The zero-order valence-electron chi connectivity index (χ0n) is 10.8. The van der Waals surface area contributed by atoms with E-state index in [1.807, 2.05) is 13.8 Å². The summed E-state index contributed by atoms with van der Waals surface area (Å²) >= 11 is 1.35. The van der Waals surface area contributed by atoms with Crippen LogP contribution in [-0.4, -0.2) is 23.8 Å². The van der Waals surface area contributed by atoms with Crippen LogP contribution in [0.15, 0.2) is 16.6 Å². The van der Waals surface area contributed by atoms with Crippen molar-refractivity contribution < 1.29 is 8.42 Å². The molecule has 19 heavy (non-hydrogen) atoms. The number of hydrogen-bond acceptors (Lipinski definition) is 6. The first-order chi connectivity index (χ1) is 8.99. The van der Waals surface area contributed by atoms with E-state index in [1.165, 1.54) is 15.7 Å². The normalized spacial score (nSPS) is 13.8. The smallest absolute Gasteiger partial charge is 0.260 e. The highest BCUT2D eigenvalue weighted by atomic mass is 32.2. The number of hydrogen-bond donors (Lipinski definition) is 3. The first-order valence-corrected chi connectivity index (χ1v) is 8.30. The van der Waals surface area contributed by atoms with Crippen molar-refractivity contribution >= 4 is 32.1 Å². The molecule has 0 amide bonds. The van der Waals surface area contributed by atoms with Gasteiger partial charge in [-0.25, -0.2) is 19.0 Å². The number of sulfonamides is 1. The minimum absolute atomic E-state index is 0.0502. The van der Waals surface area contributed by atoms with Gasteiger partial charge >= 0.3 is 0 Å². The molecule has 0 aliphatic heterocycles. The van der Waals surface area contributed by atoms with Gasteiger partial charge < -0.3 is 5.43 Å². The highest BCUT2D eigenvalue weighted by Gasteiger charge is 2.26. The first-order valence-electron chi connectivity index (χ1n) is 5.94. The van der Waals surface area contributed by atoms with Crippen LogP contribution < -0.4 is 16.0 Å². The molecule has 1 atom stereocenters. The maximum absolute atomic E-state index is 12.4. The van der Waals surface area contributed by atoms with Crippen molar-refractivity contribution in [3.8, 4) is 0 Å². The van der Waals surface area contributed by atoms with E-state index in [1.54, 1.807) is 11.6 Å². The number of rotatable bonds is 6. The molecule has 2 aromatic rings. The Bertz CT molecular complexity index is 661. The van der Waals surface area contributed by atoms with Crippen molar-refractivity contribution in [2.45, 2.75) is 37.8 Å². The van der Waals surface area contributed by atoms with E-state index in [2.05, 4.69) is 15.1 Å². The van der Waals surface area contributed by atoms with E-state index < -0.39 is 10.0 Å². The summed E-state index contributed by atoms with van der Waals surface area (Å²) in [7, 11) is -3.66. The predicted octanol–water partition coefficient (Wildman–Crippen LogP) is 1.15. The molecule has 2 rings (SSSR count). The Balaban J connectivity index is 2.44. The topological polar surface area (TPSA) is 102 Å². The molecule has 0 aromatic carbocycles. The number of hydrazine groups is 1. The summed E-state index contributed by atoms with van der Waals surface area (Å²) in [5.41, 5.74) is 2.34. The molecule has 0 spiro atoms. The number of aromatic nitrogens is 2. The van der Waals surface area contributed by atoms with Gasteiger partial charge in [0, 0.05) is 17.6 Å². The summed E-state index contributed by atoms with van der Waals surface area (Å²) in [6, 6.07) is -0.134. The Hall–Kier alpha value is -1.16. The van der Waals surface area contributed by atoms with Crippen LogP contribution in [0.2, 0.25) is 0 Å². The zero-order chi connectivity index (χ0) is 14.0. The summed E-state index contributed by atoms with van der Waals surface area (Å²) < 4.78 is 29.0. The number of nitrogen functional groups attached to an aromatic ring is 1. The van der Waals surface area contributed by atoms with Crippen molar-refractivity contribution in [3.05, 3.63) is 11.6 Å². The minimum Gasteiger partial charge on any atom is -0.306 e. The van der Waals surface area contributed by atoms with Crippen molar-refractivity contribution in [2.24, 2.45) is 5.84 Å². The Kier molecular flexibility index (Phi) is 4.09. The lowest BCUT2D eigenvalue weighted by atomic mass is 10.2. The highest BCUT2D eigenvalue weighted by molar-refractivity contribution is 7.89. The fraction of sp³-hybridized carbons (Fsp3) is 0.500. The van der Waals surface area contributed by atoms with Gasteiger partial charge in [0.05, 0.1) is 0 Å². The molecule has 2 heterocycles. The molecule has 0 aliphatic carbocycles. The van der Waals surface area contributed by atoms with Crippen LogP contribution >= 0.6 is 11.3 Å². The summed E-state index contributed by atoms with van der Waals surface area (Å²) in [6.45, 7) is 3.84. The van der Waals surface area contributed by atoms with E-state index in [-0.39, 0.29) is 16.9 Å². The third-order valence-corrected chi connectivity index (χ3v) is 5.06. The van der Waals surface area contributed by atoms with Crippen molar-refractivity contribution in [1.29, 1.82) is 0 Å². The molecule has 0 saturated carbocycles. The van der Waals surface area contributed by atoms with E-state index in [4.69, 9.17) is 5.84 Å². The highest BCUT2D eigenvalue weighted by Crippen LogP contribution is 2.25. The van der Waals surface area contributed by atoms with Crippen LogP contribution in [0.4, 0.5) is 5.82 Å². The first kappa shape index (κ1) is 14.3. The van der Waals surface area contributed by atoms with Crippen LogP contribution in [0.1, 0.15) is 26.7 Å². The molecule has 0 saturated heterocycles. The summed E-state index contributed by atoms with van der Waals surface area (Å²) in [5.74, 6) is 5.50. The molecule has 0 aliphatic rings. The van der Waals surface area contributed by atoms with Crippen molar-refractivity contribution in [3.63, 3.8) is 0 Å². The summed E-state index contributed by atoms with van der Waals surface area (Å²) in [6.07, 6.45) is 3.34. The average Bonchev–Trinajstić information content (AvgIpc) is 2.86. The van der Waals surface area contributed by atoms with Gasteiger partial charge in [0.2, 0.25) is 5.03 Å². The minimum atomic E-state index is -3.66. The van der Waals surface area contributed by atoms with Crippen LogP contribution in [0, 0.1) is 0 Å². The average molecular weight is 303 g/mol.